The van der Waals surface area contributed by atoms with Gasteiger partial charge in [-0.15, -0.1) is 0 Å². The van der Waals surface area contributed by atoms with Crippen LogP contribution in [0.25, 0.3) is 0 Å². The van der Waals surface area contributed by atoms with E-state index in [1.807, 2.05) is 4.90 Å². The van der Waals surface area contributed by atoms with Crippen LogP contribution in [-0.4, -0.2) is 49.9 Å². The molecular formula is C21H34ClN3O3S. The lowest BCUT2D eigenvalue weighted by Gasteiger charge is -2.49. The number of carbonyl (C=O) groups excluding carboxylic acids is 1. The number of nitrogens with zero attached hydrogens (tertiary/aromatic N) is 1. The molecule has 1 saturated heterocycles. The Kier molecular flexibility index (Phi) is 7.42. The highest BCUT2D eigenvalue weighted by Gasteiger charge is 2.41. The zero-order valence-corrected chi connectivity index (χ0v) is 19.9. The van der Waals surface area contributed by atoms with Gasteiger partial charge in [0.25, 0.3) is 5.91 Å². The smallest absolute Gasteiger partial charge is 0.255 e. The fourth-order valence-corrected chi connectivity index (χ4v) is 5.33. The van der Waals surface area contributed by atoms with Gasteiger partial charge in [0.05, 0.1) is 15.5 Å². The van der Waals surface area contributed by atoms with E-state index in [0.717, 1.165) is 25.7 Å². The van der Waals surface area contributed by atoms with Crippen LogP contribution in [-0.2, 0) is 10.0 Å². The molecule has 1 amide bonds. The maximum Gasteiger partial charge on any atom is 0.255 e. The van der Waals surface area contributed by atoms with Gasteiger partial charge >= 0.3 is 0 Å². The van der Waals surface area contributed by atoms with Crippen molar-refractivity contribution in [2.75, 3.05) is 13.6 Å². The van der Waals surface area contributed by atoms with Crippen molar-refractivity contribution >= 4 is 27.5 Å². The Labute approximate surface area is 180 Å². The second-order valence-electron chi connectivity index (χ2n) is 9.16. The minimum absolute atomic E-state index is 0.0363. The summed E-state index contributed by atoms with van der Waals surface area (Å²) < 4.78 is 26.7. The summed E-state index contributed by atoms with van der Waals surface area (Å²) >= 11 is 6.34. The van der Waals surface area contributed by atoms with Crippen molar-refractivity contribution in [3.63, 3.8) is 0 Å². The van der Waals surface area contributed by atoms with Gasteiger partial charge in [-0.05, 0) is 72.2 Å². The number of sulfonamides is 1. The van der Waals surface area contributed by atoms with Gasteiger partial charge in [0, 0.05) is 23.7 Å². The largest absolute Gasteiger partial charge is 0.335 e. The SMILES string of the molecule is CCCCN(C(=O)c1cc(S(=O)(=O)NC)ccc1Cl)C1CC(C)(C)NC(C)(C)C1. The Balaban J connectivity index is 2.45. The number of carbonyl (C=O) groups is 1. The third-order valence-electron chi connectivity index (χ3n) is 5.37. The van der Waals surface area contributed by atoms with E-state index in [1.54, 1.807) is 0 Å². The lowest BCUT2D eigenvalue weighted by atomic mass is 9.78. The first-order chi connectivity index (χ1) is 13.3. The first kappa shape index (κ1) is 24.1. The summed E-state index contributed by atoms with van der Waals surface area (Å²) in [7, 11) is -2.32. The van der Waals surface area contributed by atoms with Gasteiger partial charge in [-0.25, -0.2) is 13.1 Å². The summed E-state index contributed by atoms with van der Waals surface area (Å²) in [6.07, 6.45) is 3.47. The molecule has 1 aromatic carbocycles. The molecule has 0 radical (unpaired) electrons. The highest BCUT2D eigenvalue weighted by molar-refractivity contribution is 7.89. The predicted molar refractivity (Wildman–Crippen MR) is 118 cm³/mol. The van der Waals surface area contributed by atoms with Crippen LogP contribution in [0.1, 0.15) is 70.7 Å². The molecule has 1 aliphatic heterocycles. The number of amides is 1. The van der Waals surface area contributed by atoms with Crippen molar-refractivity contribution < 1.29 is 13.2 Å². The molecule has 0 atom stereocenters. The van der Waals surface area contributed by atoms with Crippen LogP contribution < -0.4 is 10.0 Å². The standard InChI is InChI=1S/C21H34ClN3O3S/c1-7-8-11-25(15-13-20(2,3)24-21(4,5)14-15)19(26)17-12-16(9-10-18(17)22)29(27,28)23-6/h9-10,12,15,23-24H,7-8,11,13-14H2,1-6H3. The number of hydrogen-bond acceptors (Lipinski definition) is 4. The van der Waals surface area contributed by atoms with Crippen molar-refractivity contribution in [3.8, 4) is 0 Å². The van der Waals surface area contributed by atoms with E-state index in [9.17, 15) is 13.2 Å². The number of rotatable bonds is 7. The quantitative estimate of drug-likeness (QED) is 0.671. The lowest BCUT2D eigenvalue weighted by molar-refractivity contribution is 0.0441. The molecule has 1 fully saturated rings. The Hall–Kier alpha value is -1.15. The van der Waals surface area contributed by atoms with E-state index in [-0.39, 0.29) is 38.5 Å². The van der Waals surface area contributed by atoms with Crippen molar-refractivity contribution in [1.29, 1.82) is 0 Å². The predicted octanol–water partition coefficient (Wildman–Crippen LogP) is 3.80. The zero-order chi connectivity index (χ0) is 22.0. The van der Waals surface area contributed by atoms with Crippen molar-refractivity contribution in [2.45, 2.75) is 82.3 Å². The van der Waals surface area contributed by atoms with Crippen LogP contribution in [0.5, 0.6) is 0 Å². The van der Waals surface area contributed by atoms with Crippen molar-refractivity contribution in [3.05, 3.63) is 28.8 Å². The van der Waals surface area contributed by atoms with Gasteiger partial charge in [0.2, 0.25) is 10.0 Å². The normalized spacial score (nSPS) is 19.1. The van der Waals surface area contributed by atoms with Gasteiger partial charge in [-0.1, -0.05) is 24.9 Å². The highest BCUT2D eigenvalue weighted by Crippen LogP contribution is 2.33. The maximum absolute atomic E-state index is 13.6. The minimum Gasteiger partial charge on any atom is -0.335 e. The van der Waals surface area contributed by atoms with Crippen LogP contribution in [0.2, 0.25) is 5.02 Å². The highest BCUT2D eigenvalue weighted by atomic mass is 35.5. The molecule has 0 saturated carbocycles. The molecule has 1 aromatic rings. The van der Waals surface area contributed by atoms with Crippen LogP contribution in [0, 0.1) is 0 Å². The van der Waals surface area contributed by atoms with Gasteiger partial charge in [0.15, 0.2) is 0 Å². The Morgan fingerprint density at radius 3 is 2.34 bits per heavy atom. The average Bonchev–Trinajstić information content (AvgIpc) is 2.59. The average molecular weight is 444 g/mol. The van der Waals surface area contributed by atoms with Gasteiger partial charge in [-0.3, -0.25) is 4.79 Å². The third-order valence-corrected chi connectivity index (χ3v) is 7.11. The van der Waals surface area contributed by atoms with Crippen molar-refractivity contribution in [1.82, 2.24) is 14.9 Å². The molecule has 2 N–H and O–H groups in total. The second kappa shape index (κ2) is 8.92. The fraction of sp³-hybridized carbons (Fsp3) is 0.667. The molecule has 8 heteroatoms. The van der Waals surface area contributed by atoms with Crippen LogP contribution >= 0.6 is 11.6 Å². The number of nitrogens with one attached hydrogen (secondary N) is 2. The molecule has 2 rings (SSSR count). The number of unbranched alkanes of at least 4 members (excludes halogenated alkanes) is 1. The van der Waals surface area contributed by atoms with Crippen LogP contribution in [0.4, 0.5) is 0 Å². The van der Waals surface area contributed by atoms with E-state index >= 15 is 0 Å². The molecule has 0 aromatic heterocycles. The summed E-state index contributed by atoms with van der Waals surface area (Å²) in [6, 6.07) is 4.32. The van der Waals surface area contributed by atoms with Gasteiger partial charge < -0.3 is 10.2 Å². The molecule has 0 bridgehead atoms. The molecule has 0 aliphatic carbocycles. The number of piperidine rings is 1. The van der Waals surface area contributed by atoms with Gasteiger partial charge in [0.1, 0.15) is 0 Å². The first-order valence-corrected chi connectivity index (χ1v) is 12.0. The third kappa shape index (κ3) is 5.94. The second-order valence-corrected chi connectivity index (χ2v) is 11.4. The molecule has 0 spiro atoms. The summed E-state index contributed by atoms with van der Waals surface area (Å²) in [5.41, 5.74) is 0.00420. The lowest BCUT2D eigenvalue weighted by Crippen LogP contribution is -2.62. The van der Waals surface area contributed by atoms with E-state index in [2.05, 4.69) is 44.7 Å². The molecular weight excluding hydrogens is 410 g/mol. The molecule has 1 aliphatic rings. The fourth-order valence-electron chi connectivity index (χ4n) is 4.38. The van der Waals surface area contributed by atoms with Crippen LogP contribution in [0.15, 0.2) is 23.1 Å². The molecule has 29 heavy (non-hydrogen) atoms. The molecule has 164 valence electrons. The number of benzene rings is 1. The van der Waals surface area contributed by atoms with E-state index < -0.39 is 10.0 Å². The summed E-state index contributed by atoms with van der Waals surface area (Å²) in [5.74, 6) is -0.213. The topological polar surface area (TPSA) is 78.5 Å². The van der Waals surface area contributed by atoms with E-state index in [4.69, 9.17) is 11.6 Å². The van der Waals surface area contributed by atoms with E-state index in [1.165, 1.54) is 25.2 Å². The molecule has 6 nitrogen and oxygen atoms in total. The maximum atomic E-state index is 13.6. The molecule has 0 unspecified atom stereocenters. The Bertz CT molecular complexity index is 837. The first-order valence-electron chi connectivity index (χ1n) is 10.2. The van der Waals surface area contributed by atoms with Crippen LogP contribution in [0.3, 0.4) is 0 Å². The minimum atomic E-state index is -3.67. The van der Waals surface area contributed by atoms with Gasteiger partial charge in [-0.2, -0.15) is 0 Å². The summed E-state index contributed by atoms with van der Waals surface area (Å²) in [5, 5.41) is 3.91. The monoisotopic (exact) mass is 443 g/mol. The van der Waals surface area contributed by atoms with E-state index in [0.29, 0.717) is 6.54 Å². The summed E-state index contributed by atoms with van der Waals surface area (Å²) in [4.78, 5) is 15.5. The number of halogens is 1. The Morgan fingerprint density at radius 1 is 1.24 bits per heavy atom. The number of hydrogen-bond donors (Lipinski definition) is 2. The molecule has 1 heterocycles. The Morgan fingerprint density at radius 2 is 1.83 bits per heavy atom. The zero-order valence-electron chi connectivity index (χ0n) is 18.3. The van der Waals surface area contributed by atoms with Crippen molar-refractivity contribution in [2.24, 2.45) is 0 Å². The summed E-state index contributed by atoms with van der Waals surface area (Å²) in [6.45, 7) is 11.3.